The van der Waals surface area contributed by atoms with Gasteiger partial charge in [-0.2, -0.15) is 5.10 Å². The Kier molecular flexibility index (Phi) is 2.68. The molecule has 20 heavy (non-hydrogen) atoms. The van der Waals surface area contributed by atoms with Gasteiger partial charge in [-0.25, -0.2) is 8.42 Å². The Bertz CT molecular complexity index is 878. The first-order chi connectivity index (χ1) is 9.47. The van der Waals surface area contributed by atoms with E-state index < -0.39 is 10.0 Å². The number of hydrogen-bond acceptors (Lipinski definition) is 4. The Morgan fingerprint density at radius 1 is 1.35 bits per heavy atom. The van der Waals surface area contributed by atoms with Gasteiger partial charge in [-0.3, -0.25) is 9.40 Å². The molecule has 8 heteroatoms. The number of anilines is 2. The van der Waals surface area contributed by atoms with Crippen molar-refractivity contribution in [1.29, 1.82) is 0 Å². The molecular formula is C12H13N5O2S. The van der Waals surface area contributed by atoms with E-state index in [4.69, 9.17) is 5.73 Å². The molecule has 0 aliphatic carbocycles. The first-order valence-electron chi connectivity index (χ1n) is 5.85. The number of sulfonamides is 1. The number of nitrogen functional groups attached to an aromatic ring is 1. The van der Waals surface area contributed by atoms with E-state index in [-0.39, 0.29) is 4.90 Å². The summed E-state index contributed by atoms with van der Waals surface area (Å²) < 4.78 is 28.8. The molecule has 3 aromatic rings. The molecular weight excluding hydrogens is 278 g/mol. The third-order valence-electron chi connectivity index (χ3n) is 3.02. The van der Waals surface area contributed by atoms with Gasteiger partial charge in [-0.1, -0.05) is 0 Å². The topological polar surface area (TPSA) is 106 Å². The Morgan fingerprint density at radius 3 is 2.85 bits per heavy atom. The molecule has 0 aliphatic heterocycles. The van der Waals surface area contributed by atoms with E-state index in [0.29, 0.717) is 22.4 Å². The average molecular weight is 291 g/mol. The van der Waals surface area contributed by atoms with Gasteiger partial charge in [0.25, 0.3) is 10.0 Å². The molecule has 0 amide bonds. The quantitative estimate of drug-likeness (QED) is 0.632. The molecule has 1 aromatic carbocycles. The lowest BCUT2D eigenvalue weighted by molar-refractivity contribution is 0.601. The maximum absolute atomic E-state index is 12.4. The van der Waals surface area contributed by atoms with Crippen LogP contribution in [0.2, 0.25) is 0 Å². The van der Waals surface area contributed by atoms with Crippen LogP contribution in [0.3, 0.4) is 0 Å². The number of rotatable bonds is 3. The van der Waals surface area contributed by atoms with Crippen molar-refractivity contribution in [1.82, 2.24) is 14.8 Å². The molecule has 0 atom stereocenters. The Hall–Kier alpha value is -2.48. The highest BCUT2D eigenvalue weighted by Crippen LogP contribution is 2.25. The van der Waals surface area contributed by atoms with Crippen LogP contribution < -0.4 is 10.5 Å². The fourth-order valence-corrected chi connectivity index (χ4v) is 3.27. The normalized spacial score (nSPS) is 11.8. The van der Waals surface area contributed by atoms with Crippen molar-refractivity contribution < 1.29 is 8.42 Å². The second kappa shape index (κ2) is 4.27. The zero-order chi connectivity index (χ0) is 14.3. The number of nitrogens with one attached hydrogen (secondary N) is 2. The van der Waals surface area contributed by atoms with E-state index in [9.17, 15) is 8.42 Å². The third kappa shape index (κ3) is 1.99. The van der Waals surface area contributed by atoms with Gasteiger partial charge in [0.15, 0.2) is 0 Å². The Balaban J connectivity index is 2.08. The molecule has 2 aromatic heterocycles. The predicted octanol–water partition coefficient (Wildman–Crippen LogP) is 1.28. The number of aromatic nitrogens is 3. The lowest BCUT2D eigenvalue weighted by atomic mass is 10.2. The molecule has 7 nitrogen and oxygen atoms in total. The van der Waals surface area contributed by atoms with Gasteiger partial charge in [-0.15, -0.1) is 0 Å². The number of hydrogen-bond donors (Lipinski definition) is 3. The van der Waals surface area contributed by atoms with Crippen LogP contribution in [-0.4, -0.2) is 23.2 Å². The molecule has 0 saturated heterocycles. The fourth-order valence-electron chi connectivity index (χ4n) is 2.01. The van der Waals surface area contributed by atoms with Crippen LogP contribution in [0.15, 0.2) is 41.6 Å². The van der Waals surface area contributed by atoms with Crippen molar-refractivity contribution in [2.24, 2.45) is 7.05 Å². The Labute approximate surface area is 115 Å². The van der Waals surface area contributed by atoms with Gasteiger partial charge in [-0.05, 0) is 18.2 Å². The summed E-state index contributed by atoms with van der Waals surface area (Å²) in [5.41, 5.74) is 6.92. The van der Waals surface area contributed by atoms with Gasteiger partial charge >= 0.3 is 0 Å². The maximum atomic E-state index is 12.4. The summed E-state index contributed by atoms with van der Waals surface area (Å²) in [7, 11) is -2.02. The SMILES string of the molecule is Cn1nccc1NS(=O)(=O)c1c[nH]c2cc(N)ccc12. The number of fused-ring (bicyclic) bond motifs is 1. The first kappa shape index (κ1) is 12.5. The standard InChI is InChI=1S/C12H13N5O2S/c1-17-12(4-5-15-17)16-20(18,19)11-7-14-10-6-8(13)2-3-9(10)11/h2-7,14,16H,13H2,1H3. The van der Waals surface area contributed by atoms with Gasteiger partial charge in [0, 0.05) is 35.9 Å². The minimum atomic E-state index is -3.68. The molecule has 3 rings (SSSR count). The highest BCUT2D eigenvalue weighted by molar-refractivity contribution is 7.93. The van der Waals surface area contributed by atoms with E-state index in [2.05, 4.69) is 14.8 Å². The van der Waals surface area contributed by atoms with Crippen LogP contribution >= 0.6 is 0 Å². The van der Waals surface area contributed by atoms with E-state index in [1.165, 1.54) is 17.1 Å². The number of aryl methyl sites for hydroxylation is 1. The predicted molar refractivity (Wildman–Crippen MR) is 76.7 cm³/mol. The largest absolute Gasteiger partial charge is 0.399 e. The summed E-state index contributed by atoms with van der Waals surface area (Å²) >= 11 is 0. The number of H-pyrrole nitrogens is 1. The second-order valence-corrected chi connectivity index (χ2v) is 6.05. The van der Waals surface area contributed by atoms with Crippen LogP contribution in [0.4, 0.5) is 11.5 Å². The van der Waals surface area contributed by atoms with E-state index in [1.54, 1.807) is 31.3 Å². The van der Waals surface area contributed by atoms with E-state index in [0.717, 1.165) is 0 Å². The average Bonchev–Trinajstić information content (AvgIpc) is 2.96. The zero-order valence-corrected chi connectivity index (χ0v) is 11.5. The smallest absolute Gasteiger partial charge is 0.265 e. The molecule has 104 valence electrons. The van der Waals surface area contributed by atoms with Crippen molar-refractivity contribution >= 4 is 32.4 Å². The van der Waals surface area contributed by atoms with Crippen molar-refractivity contribution in [3.8, 4) is 0 Å². The summed E-state index contributed by atoms with van der Waals surface area (Å²) in [4.78, 5) is 3.08. The van der Waals surface area contributed by atoms with Gasteiger partial charge < -0.3 is 10.7 Å². The molecule has 2 heterocycles. The molecule has 0 saturated carbocycles. The summed E-state index contributed by atoms with van der Waals surface area (Å²) in [6.07, 6.45) is 2.97. The lowest BCUT2D eigenvalue weighted by Crippen LogP contribution is -2.15. The van der Waals surface area contributed by atoms with Gasteiger partial charge in [0.2, 0.25) is 0 Å². The number of nitrogens with zero attached hydrogens (tertiary/aromatic N) is 2. The maximum Gasteiger partial charge on any atom is 0.265 e. The Morgan fingerprint density at radius 2 is 2.15 bits per heavy atom. The number of aromatic amines is 1. The summed E-state index contributed by atoms with van der Waals surface area (Å²) in [6.45, 7) is 0. The van der Waals surface area contributed by atoms with Crippen LogP contribution in [0.25, 0.3) is 10.9 Å². The second-order valence-electron chi connectivity index (χ2n) is 4.40. The van der Waals surface area contributed by atoms with Crippen LogP contribution in [0, 0.1) is 0 Å². The number of benzene rings is 1. The van der Waals surface area contributed by atoms with Crippen molar-refractivity contribution in [2.75, 3.05) is 10.5 Å². The van der Waals surface area contributed by atoms with Crippen LogP contribution in [0.5, 0.6) is 0 Å². The molecule has 4 N–H and O–H groups in total. The lowest BCUT2D eigenvalue weighted by Gasteiger charge is -2.07. The van der Waals surface area contributed by atoms with E-state index >= 15 is 0 Å². The monoisotopic (exact) mass is 291 g/mol. The summed E-state index contributed by atoms with van der Waals surface area (Å²) in [5.74, 6) is 0.398. The molecule has 0 spiro atoms. The summed E-state index contributed by atoms with van der Waals surface area (Å²) in [6, 6.07) is 6.63. The summed E-state index contributed by atoms with van der Waals surface area (Å²) in [5, 5.41) is 4.51. The van der Waals surface area contributed by atoms with Crippen LogP contribution in [-0.2, 0) is 17.1 Å². The van der Waals surface area contributed by atoms with Gasteiger partial charge in [0.1, 0.15) is 10.7 Å². The van der Waals surface area contributed by atoms with Crippen LogP contribution in [0.1, 0.15) is 0 Å². The molecule has 0 unspecified atom stereocenters. The van der Waals surface area contributed by atoms with E-state index in [1.807, 2.05) is 0 Å². The first-order valence-corrected chi connectivity index (χ1v) is 7.33. The minimum Gasteiger partial charge on any atom is -0.399 e. The fraction of sp³-hybridized carbons (Fsp3) is 0.0833. The minimum absolute atomic E-state index is 0.175. The van der Waals surface area contributed by atoms with Gasteiger partial charge in [0.05, 0.1) is 6.20 Å². The van der Waals surface area contributed by atoms with Crippen molar-refractivity contribution in [2.45, 2.75) is 4.90 Å². The molecule has 0 radical (unpaired) electrons. The van der Waals surface area contributed by atoms with Crippen molar-refractivity contribution in [3.05, 3.63) is 36.7 Å². The zero-order valence-electron chi connectivity index (χ0n) is 10.7. The number of nitrogens with two attached hydrogens (primary N) is 1. The van der Waals surface area contributed by atoms with Crippen molar-refractivity contribution in [3.63, 3.8) is 0 Å². The third-order valence-corrected chi connectivity index (χ3v) is 4.41. The highest BCUT2D eigenvalue weighted by Gasteiger charge is 2.20. The molecule has 0 aliphatic rings. The highest BCUT2D eigenvalue weighted by atomic mass is 32.2. The molecule has 0 fully saturated rings. The molecule has 0 bridgehead atoms.